The van der Waals surface area contributed by atoms with Gasteiger partial charge in [0.2, 0.25) is 0 Å². The minimum Gasteiger partial charge on any atom is -0.361 e. The molecule has 0 spiro atoms. The number of hydrogen-bond acceptors (Lipinski definition) is 6. The van der Waals surface area contributed by atoms with E-state index in [0.717, 1.165) is 31.0 Å². The summed E-state index contributed by atoms with van der Waals surface area (Å²) in [5.74, 6) is 2.51. The first-order valence-electron chi connectivity index (χ1n) is 9.10. The molecule has 0 N–H and O–H groups in total. The van der Waals surface area contributed by atoms with Gasteiger partial charge in [0.05, 0.1) is 18.6 Å². The number of imidazole rings is 1. The van der Waals surface area contributed by atoms with Crippen molar-refractivity contribution in [1.29, 1.82) is 0 Å². The van der Waals surface area contributed by atoms with E-state index in [1.165, 1.54) is 0 Å². The average Bonchev–Trinajstić information content (AvgIpc) is 3.38. The maximum Gasteiger partial charge on any atom is 0.259 e. The van der Waals surface area contributed by atoms with Crippen LogP contribution < -0.4 is 0 Å². The first-order valence-corrected chi connectivity index (χ1v) is 9.10. The van der Waals surface area contributed by atoms with Gasteiger partial charge in [-0.15, -0.1) is 10.2 Å². The second kappa shape index (κ2) is 6.98. The smallest absolute Gasteiger partial charge is 0.259 e. The molecule has 1 amide bonds. The Labute approximate surface area is 157 Å². The summed E-state index contributed by atoms with van der Waals surface area (Å²) in [6, 6.07) is 0. The predicted octanol–water partition coefficient (Wildman–Crippen LogP) is 1.68. The highest BCUT2D eigenvalue weighted by atomic mass is 16.5. The molecule has 1 saturated heterocycles. The molecule has 27 heavy (non-hydrogen) atoms. The summed E-state index contributed by atoms with van der Waals surface area (Å²) in [7, 11) is 1.98. The zero-order valence-corrected chi connectivity index (χ0v) is 15.8. The molecule has 0 aliphatic carbocycles. The Bertz CT molecular complexity index is 922. The van der Waals surface area contributed by atoms with Crippen LogP contribution in [-0.2, 0) is 13.6 Å². The fourth-order valence-electron chi connectivity index (χ4n) is 3.73. The van der Waals surface area contributed by atoms with Crippen molar-refractivity contribution in [3.63, 3.8) is 0 Å². The molecule has 1 fully saturated rings. The molecule has 1 aliphatic rings. The van der Waals surface area contributed by atoms with E-state index in [0.29, 0.717) is 30.1 Å². The van der Waals surface area contributed by atoms with E-state index >= 15 is 0 Å². The number of aryl methyl sites for hydroxylation is 2. The minimum absolute atomic E-state index is 0.0169. The third-order valence-corrected chi connectivity index (χ3v) is 5.20. The van der Waals surface area contributed by atoms with Crippen molar-refractivity contribution < 1.29 is 9.32 Å². The normalized spacial score (nSPS) is 17.4. The number of rotatable bonds is 4. The van der Waals surface area contributed by atoms with Gasteiger partial charge in [0, 0.05) is 38.4 Å². The van der Waals surface area contributed by atoms with Crippen molar-refractivity contribution in [2.24, 2.45) is 7.05 Å². The van der Waals surface area contributed by atoms with Gasteiger partial charge in [-0.2, -0.15) is 0 Å². The second-order valence-corrected chi connectivity index (χ2v) is 7.06. The number of likely N-dealkylation sites (tertiary alicyclic amines) is 1. The molecule has 9 nitrogen and oxygen atoms in total. The van der Waals surface area contributed by atoms with Crippen LogP contribution in [0.15, 0.2) is 23.2 Å². The Balaban J connectivity index is 1.52. The predicted molar refractivity (Wildman–Crippen MR) is 96.2 cm³/mol. The van der Waals surface area contributed by atoms with Crippen LogP contribution in [0.4, 0.5) is 0 Å². The molecule has 3 aromatic rings. The van der Waals surface area contributed by atoms with Crippen molar-refractivity contribution in [3.05, 3.63) is 47.4 Å². The SMILES string of the molecule is Cc1noc(C)c1C(=O)N1CCC[C@H](c2nnc(Cn3ccnc3)n2C)C1. The van der Waals surface area contributed by atoms with Gasteiger partial charge >= 0.3 is 0 Å². The van der Waals surface area contributed by atoms with Gasteiger partial charge in [0.15, 0.2) is 5.82 Å². The van der Waals surface area contributed by atoms with Crippen LogP contribution in [0.5, 0.6) is 0 Å². The van der Waals surface area contributed by atoms with Gasteiger partial charge in [-0.05, 0) is 26.7 Å². The molecule has 0 bridgehead atoms. The Hall–Kier alpha value is -2.97. The lowest BCUT2D eigenvalue weighted by Crippen LogP contribution is -2.40. The van der Waals surface area contributed by atoms with E-state index in [-0.39, 0.29) is 11.8 Å². The van der Waals surface area contributed by atoms with Crippen molar-refractivity contribution in [2.75, 3.05) is 13.1 Å². The van der Waals surface area contributed by atoms with Crippen molar-refractivity contribution in [1.82, 2.24) is 34.4 Å². The van der Waals surface area contributed by atoms with Crippen LogP contribution in [0.25, 0.3) is 0 Å². The summed E-state index contributed by atoms with van der Waals surface area (Å²) in [5, 5.41) is 12.7. The summed E-state index contributed by atoms with van der Waals surface area (Å²) >= 11 is 0. The number of amides is 1. The number of aromatic nitrogens is 6. The number of carbonyl (C=O) groups is 1. The van der Waals surface area contributed by atoms with Crippen molar-refractivity contribution in [2.45, 2.75) is 39.2 Å². The maximum absolute atomic E-state index is 13.0. The molecule has 4 rings (SSSR count). The molecule has 1 aliphatic heterocycles. The Kier molecular flexibility index (Phi) is 4.51. The highest BCUT2D eigenvalue weighted by molar-refractivity contribution is 5.96. The van der Waals surface area contributed by atoms with Gasteiger partial charge in [0.25, 0.3) is 5.91 Å². The van der Waals surface area contributed by atoms with Crippen LogP contribution in [0.1, 0.15) is 52.2 Å². The first-order chi connectivity index (χ1) is 13.0. The summed E-state index contributed by atoms with van der Waals surface area (Å²) in [5.41, 5.74) is 1.22. The monoisotopic (exact) mass is 369 g/mol. The lowest BCUT2D eigenvalue weighted by Gasteiger charge is -2.32. The molecular weight excluding hydrogens is 346 g/mol. The maximum atomic E-state index is 13.0. The van der Waals surface area contributed by atoms with E-state index in [2.05, 4.69) is 20.3 Å². The molecule has 142 valence electrons. The third-order valence-electron chi connectivity index (χ3n) is 5.20. The molecule has 0 unspecified atom stereocenters. The quantitative estimate of drug-likeness (QED) is 0.694. The van der Waals surface area contributed by atoms with Gasteiger partial charge in [-0.25, -0.2) is 4.98 Å². The summed E-state index contributed by atoms with van der Waals surface area (Å²) in [6.45, 7) is 5.56. The average molecular weight is 369 g/mol. The minimum atomic E-state index is -0.0169. The van der Waals surface area contributed by atoms with Crippen LogP contribution in [0.3, 0.4) is 0 Å². The molecule has 4 heterocycles. The molecule has 3 aromatic heterocycles. The lowest BCUT2D eigenvalue weighted by molar-refractivity contribution is 0.0701. The standard InChI is InChI=1S/C18H23N7O2/c1-12-16(13(2)27-22-12)18(26)25-7-4-5-14(9-25)17-21-20-15(23(17)3)10-24-8-6-19-11-24/h6,8,11,14H,4-5,7,9-10H2,1-3H3/t14-/m0/s1. The van der Waals surface area contributed by atoms with E-state index < -0.39 is 0 Å². The van der Waals surface area contributed by atoms with Crippen LogP contribution in [0.2, 0.25) is 0 Å². The van der Waals surface area contributed by atoms with Gasteiger partial charge in [-0.1, -0.05) is 5.16 Å². The van der Waals surface area contributed by atoms with Crippen LogP contribution >= 0.6 is 0 Å². The fourth-order valence-corrected chi connectivity index (χ4v) is 3.73. The first kappa shape index (κ1) is 17.4. The second-order valence-electron chi connectivity index (χ2n) is 7.06. The Morgan fingerprint density at radius 3 is 2.89 bits per heavy atom. The lowest BCUT2D eigenvalue weighted by atomic mass is 9.96. The number of carbonyl (C=O) groups excluding carboxylic acids is 1. The Morgan fingerprint density at radius 1 is 1.33 bits per heavy atom. The largest absolute Gasteiger partial charge is 0.361 e. The van der Waals surface area contributed by atoms with Crippen LogP contribution in [-0.4, -0.2) is 53.4 Å². The number of hydrogen-bond donors (Lipinski definition) is 0. The third kappa shape index (κ3) is 3.24. The highest BCUT2D eigenvalue weighted by Crippen LogP contribution is 2.28. The van der Waals surface area contributed by atoms with Crippen LogP contribution in [0, 0.1) is 13.8 Å². The van der Waals surface area contributed by atoms with Gasteiger partial charge in [-0.3, -0.25) is 4.79 Å². The van der Waals surface area contributed by atoms with Gasteiger partial charge < -0.3 is 18.6 Å². The fraction of sp³-hybridized carbons (Fsp3) is 0.500. The number of piperidine rings is 1. The summed E-state index contributed by atoms with van der Waals surface area (Å²) in [4.78, 5) is 18.9. The zero-order valence-electron chi connectivity index (χ0n) is 15.8. The van der Waals surface area contributed by atoms with Crippen molar-refractivity contribution in [3.8, 4) is 0 Å². The van der Waals surface area contributed by atoms with E-state index in [1.54, 1.807) is 26.4 Å². The molecular formula is C18H23N7O2. The topological polar surface area (TPSA) is 94.9 Å². The van der Waals surface area contributed by atoms with E-state index in [1.807, 2.05) is 27.3 Å². The highest BCUT2D eigenvalue weighted by Gasteiger charge is 2.31. The summed E-state index contributed by atoms with van der Waals surface area (Å²) < 4.78 is 9.16. The molecule has 1 atom stereocenters. The van der Waals surface area contributed by atoms with E-state index in [9.17, 15) is 4.79 Å². The van der Waals surface area contributed by atoms with Crippen molar-refractivity contribution >= 4 is 5.91 Å². The molecule has 0 radical (unpaired) electrons. The zero-order chi connectivity index (χ0) is 19.0. The number of nitrogens with zero attached hydrogens (tertiary/aromatic N) is 7. The summed E-state index contributed by atoms with van der Waals surface area (Å²) in [6.07, 6.45) is 7.33. The van der Waals surface area contributed by atoms with Gasteiger partial charge in [0.1, 0.15) is 17.1 Å². The van der Waals surface area contributed by atoms with E-state index in [4.69, 9.17) is 4.52 Å². The molecule has 0 saturated carbocycles. The Morgan fingerprint density at radius 2 is 2.19 bits per heavy atom. The molecule has 9 heteroatoms. The molecule has 0 aromatic carbocycles.